The summed E-state index contributed by atoms with van der Waals surface area (Å²) in [7, 11) is 1.50. The number of rotatable bonds is 4. The molecule has 0 saturated carbocycles. The van der Waals surface area contributed by atoms with E-state index in [9.17, 15) is 14.0 Å². The number of nitrogen functional groups attached to an aromatic ring is 1. The first-order valence-corrected chi connectivity index (χ1v) is 8.21. The molecule has 0 saturated heterocycles. The quantitative estimate of drug-likeness (QED) is 0.640. The number of anilines is 2. The molecule has 0 aliphatic carbocycles. The molecule has 9 heteroatoms. The first-order chi connectivity index (χ1) is 12.9. The van der Waals surface area contributed by atoms with E-state index in [0.717, 1.165) is 0 Å². The maximum atomic E-state index is 13.1. The molecule has 0 fully saturated rings. The standard InChI is InChI=1S/C18H15ClFN5O2/c1-22-17(26)10-2-7-14(19)15(8-10)24-18(27)13-9-23-25(16(13)21)12-5-3-11(20)4-6-12/h2-9H,21H2,1H3,(H,22,26)(H,24,27). The zero-order valence-electron chi connectivity index (χ0n) is 14.2. The normalized spacial score (nSPS) is 10.5. The van der Waals surface area contributed by atoms with Crippen LogP contribution in [0.25, 0.3) is 5.69 Å². The molecule has 2 aromatic carbocycles. The van der Waals surface area contributed by atoms with E-state index >= 15 is 0 Å². The molecule has 138 valence electrons. The molecular formula is C18H15ClFN5O2. The highest BCUT2D eigenvalue weighted by Gasteiger charge is 2.18. The second kappa shape index (κ2) is 7.46. The van der Waals surface area contributed by atoms with Crippen LogP contribution in [0.15, 0.2) is 48.7 Å². The summed E-state index contributed by atoms with van der Waals surface area (Å²) in [6.45, 7) is 0. The zero-order valence-corrected chi connectivity index (χ0v) is 14.9. The Morgan fingerprint density at radius 1 is 1.15 bits per heavy atom. The Bertz CT molecular complexity index is 1020. The van der Waals surface area contributed by atoms with Gasteiger partial charge in [0.2, 0.25) is 0 Å². The number of amides is 2. The fourth-order valence-electron chi connectivity index (χ4n) is 2.42. The van der Waals surface area contributed by atoms with Crippen LogP contribution in [-0.4, -0.2) is 28.6 Å². The van der Waals surface area contributed by atoms with E-state index in [4.69, 9.17) is 17.3 Å². The number of hydrogen-bond acceptors (Lipinski definition) is 4. The summed E-state index contributed by atoms with van der Waals surface area (Å²) in [6.07, 6.45) is 1.30. The maximum Gasteiger partial charge on any atom is 0.261 e. The van der Waals surface area contributed by atoms with Crippen LogP contribution in [-0.2, 0) is 0 Å². The van der Waals surface area contributed by atoms with Gasteiger partial charge in [-0.1, -0.05) is 11.6 Å². The summed E-state index contributed by atoms with van der Waals surface area (Å²) in [5.74, 6) is -1.17. The van der Waals surface area contributed by atoms with Crippen LogP contribution < -0.4 is 16.4 Å². The minimum atomic E-state index is -0.545. The minimum absolute atomic E-state index is 0.0812. The Hall–Kier alpha value is -3.39. The maximum absolute atomic E-state index is 13.1. The van der Waals surface area contributed by atoms with Crippen LogP contribution in [0, 0.1) is 5.82 Å². The van der Waals surface area contributed by atoms with Gasteiger partial charge in [0.05, 0.1) is 22.6 Å². The van der Waals surface area contributed by atoms with Crippen molar-refractivity contribution < 1.29 is 14.0 Å². The number of carbonyl (C=O) groups excluding carboxylic acids is 2. The third-order valence-electron chi connectivity index (χ3n) is 3.83. The van der Waals surface area contributed by atoms with Gasteiger partial charge in [-0.25, -0.2) is 9.07 Å². The van der Waals surface area contributed by atoms with Crippen LogP contribution in [0.1, 0.15) is 20.7 Å². The summed E-state index contributed by atoms with van der Waals surface area (Å²) in [5, 5.41) is 9.44. The summed E-state index contributed by atoms with van der Waals surface area (Å²) < 4.78 is 14.4. The number of aromatic nitrogens is 2. The van der Waals surface area contributed by atoms with E-state index in [0.29, 0.717) is 11.3 Å². The molecule has 1 heterocycles. The van der Waals surface area contributed by atoms with Gasteiger partial charge in [0.1, 0.15) is 17.2 Å². The van der Waals surface area contributed by atoms with Gasteiger partial charge in [0, 0.05) is 12.6 Å². The van der Waals surface area contributed by atoms with E-state index in [2.05, 4.69) is 15.7 Å². The lowest BCUT2D eigenvalue weighted by molar-refractivity contribution is 0.0961. The summed E-state index contributed by atoms with van der Waals surface area (Å²) in [4.78, 5) is 24.3. The summed E-state index contributed by atoms with van der Waals surface area (Å²) >= 11 is 6.10. The molecule has 0 radical (unpaired) electrons. The van der Waals surface area contributed by atoms with E-state index in [1.54, 1.807) is 0 Å². The molecule has 2 amide bonds. The zero-order chi connectivity index (χ0) is 19.6. The predicted octanol–water partition coefficient (Wildman–Crippen LogP) is 2.86. The lowest BCUT2D eigenvalue weighted by Gasteiger charge is -2.09. The van der Waals surface area contributed by atoms with Gasteiger partial charge in [-0.15, -0.1) is 0 Å². The van der Waals surface area contributed by atoms with Gasteiger partial charge >= 0.3 is 0 Å². The van der Waals surface area contributed by atoms with Crippen molar-refractivity contribution in [1.29, 1.82) is 0 Å². The molecule has 0 spiro atoms. The molecule has 3 rings (SSSR count). The molecule has 7 nitrogen and oxygen atoms in total. The second-order valence-corrected chi connectivity index (χ2v) is 5.97. The molecule has 3 aromatic rings. The van der Waals surface area contributed by atoms with Crippen LogP contribution in [0.5, 0.6) is 0 Å². The van der Waals surface area contributed by atoms with Crippen molar-refractivity contribution in [3.63, 3.8) is 0 Å². The number of nitrogens with one attached hydrogen (secondary N) is 2. The third-order valence-corrected chi connectivity index (χ3v) is 4.16. The molecular weight excluding hydrogens is 373 g/mol. The van der Waals surface area contributed by atoms with Gasteiger partial charge in [-0.05, 0) is 42.5 Å². The lowest BCUT2D eigenvalue weighted by Crippen LogP contribution is -2.19. The van der Waals surface area contributed by atoms with Crippen LogP contribution in [0.4, 0.5) is 15.9 Å². The Balaban J connectivity index is 1.87. The lowest BCUT2D eigenvalue weighted by atomic mass is 10.2. The molecule has 27 heavy (non-hydrogen) atoms. The van der Waals surface area contributed by atoms with Crippen molar-refractivity contribution in [3.8, 4) is 5.69 Å². The average molecular weight is 388 g/mol. The fourth-order valence-corrected chi connectivity index (χ4v) is 2.58. The van der Waals surface area contributed by atoms with Gasteiger partial charge in [0.15, 0.2) is 0 Å². The van der Waals surface area contributed by atoms with E-state index < -0.39 is 11.7 Å². The Morgan fingerprint density at radius 3 is 2.52 bits per heavy atom. The first kappa shape index (κ1) is 18.4. The van der Waals surface area contributed by atoms with E-state index in [1.807, 2.05) is 0 Å². The summed E-state index contributed by atoms with van der Waals surface area (Å²) in [5.41, 5.74) is 7.23. The van der Waals surface area contributed by atoms with Crippen molar-refractivity contribution in [2.75, 3.05) is 18.1 Å². The highest BCUT2D eigenvalue weighted by atomic mass is 35.5. The summed E-state index contributed by atoms with van der Waals surface area (Å²) in [6, 6.07) is 10.0. The monoisotopic (exact) mass is 387 g/mol. The fraction of sp³-hybridized carbons (Fsp3) is 0.0556. The second-order valence-electron chi connectivity index (χ2n) is 5.56. The van der Waals surface area contributed by atoms with Crippen molar-refractivity contribution >= 4 is 34.9 Å². The van der Waals surface area contributed by atoms with Gasteiger partial charge in [-0.2, -0.15) is 5.10 Å². The number of nitrogens with two attached hydrogens (primary N) is 1. The Kier molecular flexibility index (Phi) is 5.09. The third kappa shape index (κ3) is 3.75. The molecule has 0 atom stereocenters. The van der Waals surface area contributed by atoms with E-state index in [1.165, 1.54) is 60.4 Å². The first-order valence-electron chi connectivity index (χ1n) is 7.83. The van der Waals surface area contributed by atoms with Crippen LogP contribution in [0.3, 0.4) is 0 Å². The minimum Gasteiger partial charge on any atom is -0.383 e. The topological polar surface area (TPSA) is 102 Å². The molecule has 0 aliphatic heterocycles. The van der Waals surface area contributed by atoms with Gasteiger partial charge in [0.25, 0.3) is 11.8 Å². The molecule has 0 unspecified atom stereocenters. The number of carbonyl (C=O) groups is 2. The van der Waals surface area contributed by atoms with Crippen molar-refractivity contribution in [2.45, 2.75) is 0 Å². The van der Waals surface area contributed by atoms with Gasteiger partial charge in [-0.3, -0.25) is 9.59 Å². The molecule has 1 aromatic heterocycles. The Morgan fingerprint density at radius 2 is 1.85 bits per heavy atom. The number of nitrogens with zero attached hydrogens (tertiary/aromatic N) is 2. The number of hydrogen-bond donors (Lipinski definition) is 3. The van der Waals surface area contributed by atoms with Gasteiger partial charge < -0.3 is 16.4 Å². The van der Waals surface area contributed by atoms with Crippen LogP contribution in [0.2, 0.25) is 5.02 Å². The van der Waals surface area contributed by atoms with E-state index in [-0.39, 0.29) is 28.0 Å². The molecule has 0 aliphatic rings. The predicted molar refractivity (Wildman–Crippen MR) is 101 cm³/mol. The smallest absolute Gasteiger partial charge is 0.261 e. The van der Waals surface area contributed by atoms with Crippen LogP contribution >= 0.6 is 11.6 Å². The largest absolute Gasteiger partial charge is 0.383 e. The highest BCUT2D eigenvalue weighted by Crippen LogP contribution is 2.25. The molecule has 4 N–H and O–H groups in total. The highest BCUT2D eigenvalue weighted by molar-refractivity contribution is 6.34. The molecule has 0 bridgehead atoms. The number of halogens is 2. The SMILES string of the molecule is CNC(=O)c1ccc(Cl)c(NC(=O)c2cnn(-c3ccc(F)cc3)c2N)c1. The van der Waals surface area contributed by atoms with Crippen molar-refractivity contribution in [2.24, 2.45) is 0 Å². The average Bonchev–Trinajstić information content (AvgIpc) is 3.05. The van der Waals surface area contributed by atoms with Crippen molar-refractivity contribution in [1.82, 2.24) is 15.1 Å². The van der Waals surface area contributed by atoms with Crippen molar-refractivity contribution in [3.05, 3.63) is 70.6 Å². The Labute approximate surface area is 158 Å². The number of benzene rings is 2.